The minimum atomic E-state index is -2.90. The number of sulfone groups is 1. The van der Waals surface area contributed by atoms with Crippen molar-refractivity contribution in [3.05, 3.63) is 29.8 Å². The monoisotopic (exact) mass is 296 g/mol. The number of para-hydroxylation sites is 1. The number of nitrogens with one attached hydrogen (secondary N) is 2. The van der Waals surface area contributed by atoms with E-state index in [-0.39, 0.29) is 23.5 Å². The molecule has 0 radical (unpaired) electrons. The molecule has 0 aliphatic carbocycles. The summed E-state index contributed by atoms with van der Waals surface area (Å²) in [6.45, 7) is 2.71. The zero-order valence-corrected chi connectivity index (χ0v) is 12.4. The van der Waals surface area contributed by atoms with E-state index in [1.165, 1.54) is 0 Å². The molecule has 1 aliphatic heterocycles. The van der Waals surface area contributed by atoms with Crippen LogP contribution in [0.3, 0.4) is 0 Å². The average Bonchev–Trinajstić information content (AvgIpc) is 2.42. The summed E-state index contributed by atoms with van der Waals surface area (Å²) >= 11 is 0. The lowest BCUT2D eigenvalue weighted by molar-refractivity contribution is 0.0935. The van der Waals surface area contributed by atoms with Crippen LogP contribution in [0.2, 0.25) is 0 Å². The SMILES string of the molecule is CCNc1ccccc1C(=O)NC1CCS(=O)(=O)CC1. The molecule has 5 nitrogen and oxygen atoms in total. The molecule has 2 N–H and O–H groups in total. The molecule has 0 bridgehead atoms. The van der Waals surface area contributed by atoms with Crippen LogP contribution in [-0.2, 0) is 9.84 Å². The lowest BCUT2D eigenvalue weighted by atomic mass is 10.1. The van der Waals surface area contributed by atoms with Crippen molar-refractivity contribution in [2.45, 2.75) is 25.8 Å². The first-order chi connectivity index (χ1) is 9.52. The lowest BCUT2D eigenvalue weighted by Gasteiger charge is -2.23. The number of rotatable bonds is 4. The van der Waals surface area contributed by atoms with Gasteiger partial charge >= 0.3 is 0 Å². The Bertz CT molecular complexity index is 570. The molecule has 6 heteroatoms. The van der Waals surface area contributed by atoms with E-state index in [1.807, 2.05) is 25.1 Å². The topological polar surface area (TPSA) is 75.3 Å². The van der Waals surface area contributed by atoms with E-state index in [0.29, 0.717) is 18.4 Å². The van der Waals surface area contributed by atoms with Gasteiger partial charge in [0.2, 0.25) is 0 Å². The fourth-order valence-electron chi connectivity index (χ4n) is 2.32. The average molecular weight is 296 g/mol. The van der Waals surface area contributed by atoms with Gasteiger partial charge in [0.05, 0.1) is 17.1 Å². The van der Waals surface area contributed by atoms with Crippen molar-refractivity contribution in [3.63, 3.8) is 0 Å². The maximum atomic E-state index is 12.3. The van der Waals surface area contributed by atoms with Crippen LogP contribution in [0.25, 0.3) is 0 Å². The quantitative estimate of drug-likeness (QED) is 0.881. The van der Waals surface area contributed by atoms with Gasteiger partial charge in [-0.15, -0.1) is 0 Å². The Balaban J connectivity index is 2.02. The number of carbonyl (C=O) groups excluding carboxylic acids is 1. The van der Waals surface area contributed by atoms with Crippen molar-refractivity contribution >= 4 is 21.4 Å². The third-order valence-corrected chi connectivity index (χ3v) is 5.14. The van der Waals surface area contributed by atoms with E-state index in [1.54, 1.807) is 6.07 Å². The van der Waals surface area contributed by atoms with Gasteiger partial charge in [-0.05, 0) is 31.9 Å². The van der Waals surface area contributed by atoms with Crippen LogP contribution in [0, 0.1) is 0 Å². The second kappa shape index (κ2) is 6.26. The highest BCUT2D eigenvalue weighted by atomic mass is 32.2. The Morgan fingerprint density at radius 3 is 2.55 bits per heavy atom. The minimum absolute atomic E-state index is 0.0549. The number of hydrogen-bond donors (Lipinski definition) is 2. The van der Waals surface area contributed by atoms with Gasteiger partial charge in [0.15, 0.2) is 0 Å². The van der Waals surface area contributed by atoms with E-state index >= 15 is 0 Å². The van der Waals surface area contributed by atoms with Crippen molar-refractivity contribution in [1.82, 2.24) is 5.32 Å². The van der Waals surface area contributed by atoms with E-state index in [0.717, 1.165) is 12.2 Å². The summed E-state index contributed by atoms with van der Waals surface area (Å²) in [5, 5.41) is 6.08. The smallest absolute Gasteiger partial charge is 0.253 e. The number of hydrogen-bond acceptors (Lipinski definition) is 4. The van der Waals surface area contributed by atoms with Gasteiger partial charge in [0.25, 0.3) is 5.91 Å². The summed E-state index contributed by atoms with van der Waals surface area (Å²) in [5.41, 5.74) is 1.40. The first kappa shape index (κ1) is 14.8. The molecule has 1 aliphatic rings. The highest BCUT2D eigenvalue weighted by Crippen LogP contribution is 2.17. The minimum Gasteiger partial charge on any atom is -0.385 e. The lowest BCUT2D eigenvalue weighted by Crippen LogP contribution is -2.41. The van der Waals surface area contributed by atoms with Gasteiger partial charge in [-0.25, -0.2) is 8.42 Å². The molecule has 1 fully saturated rings. The van der Waals surface area contributed by atoms with Crippen LogP contribution < -0.4 is 10.6 Å². The third kappa shape index (κ3) is 3.72. The molecule has 1 aromatic rings. The molecule has 0 spiro atoms. The van der Waals surface area contributed by atoms with Crippen LogP contribution in [0.5, 0.6) is 0 Å². The Morgan fingerprint density at radius 1 is 1.25 bits per heavy atom. The molecule has 2 rings (SSSR count). The second-order valence-electron chi connectivity index (χ2n) is 4.98. The summed E-state index contributed by atoms with van der Waals surface area (Å²) in [5.74, 6) is 0.172. The first-order valence-electron chi connectivity index (χ1n) is 6.86. The summed E-state index contributed by atoms with van der Waals surface area (Å²) in [7, 11) is -2.90. The zero-order chi connectivity index (χ0) is 14.6. The first-order valence-corrected chi connectivity index (χ1v) is 8.68. The highest BCUT2D eigenvalue weighted by Gasteiger charge is 2.25. The molecule has 1 saturated heterocycles. The van der Waals surface area contributed by atoms with Gasteiger partial charge in [0.1, 0.15) is 9.84 Å². The zero-order valence-electron chi connectivity index (χ0n) is 11.6. The summed E-state index contributed by atoms with van der Waals surface area (Å²) in [4.78, 5) is 12.3. The van der Waals surface area contributed by atoms with Crippen molar-refractivity contribution in [2.75, 3.05) is 23.4 Å². The van der Waals surface area contributed by atoms with Gasteiger partial charge in [-0.1, -0.05) is 12.1 Å². The summed E-state index contributed by atoms with van der Waals surface area (Å²) in [6, 6.07) is 7.28. The largest absolute Gasteiger partial charge is 0.385 e. The molecule has 1 amide bonds. The molecule has 20 heavy (non-hydrogen) atoms. The van der Waals surface area contributed by atoms with Crippen molar-refractivity contribution < 1.29 is 13.2 Å². The molecule has 0 unspecified atom stereocenters. The predicted octanol–water partition coefficient (Wildman–Crippen LogP) is 1.43. The number of benzene rings is 1. The van der Waals surface area contributed by atoms with Gasteiger partial charge in [0, 0.05) is 18.3 Å². The molecule has 1 aromatic carbocycles. The molecule has 0 aromatic heterocycles. The summed E-state index contributed by atoms with van der Waals surface area (Å²) < 4.78 is 22.7. The molecule has 1 heterocycles. The van der Waals surface area contributed by atoms with E-state index in [9.17, 15) is 13.2 Å². The molecule has 0 atom stereocenters. The van der Waals surface area contributed by atoms with E-state index < -0.39 is 9.84 Å². The van der Waals surface area contributed by atoms with Crippen LogP contribution >= 0.6 is 0 Å². The van der Waals surface area contributed by atoms with Crippen LogP contribution in [0.15, 0.2) is 24.3 Å². The predicted molar refractivity (Wildman–Crippen MR) is 79.7 cm³/mol. The van der Waals surface area contributed by atoms with Crippen LogP contribution in [0.1, 0.15) is 30.1 Å². The van der Waals surface area contributed by atoms with Gasteiger partial charge < -0.3 is 10.6 Å². The maximum Gasteiger partial charge on any atom is 0.253 e. The summed E-state index contributed by atoms with van der Waals surface area (Å²) in [6.07, 6.45) is 0.995. The van der Waals surface area contributed by atoms with Gasteiger partial charge in [-0.2, -0.15) is 0 Å². The normalized spacial score (nSPS) is 18.4. The van der Waals surface area contributed by atoms with E-state index in [4.69, 9.17) is 0 Å². The Morgan fingerprint density at radius 2 is 1.90 bits per heavy atom. The molecule has 0 saturated carbocycles. The third-order valence-electron chi connectivity index (χ3n) is 3.43. The van der Waals surface area contributed by atoms with Crippen molar-refractivity contribution in [3.8, 4) is 0 Å². The Kier molecular flexibility index (Phi) is 4.65. The Hall–Kier alpha value is -1.56. The second-order valence-corrected chi connectivity index (χ2v) is 7.28. The molecular formula is C14H20N2O3S. The number of anilines is 1. The van der Waals surface area contributed by atoms with Crippen molar-refractivity contribution in [2.24, 2.45) is 0 Å². The number of amides is 1. The van der Waals surface area contributed by atoms with Crippen LogP contribution in [-0.4, -0.2) is 38.4 Å². The molecule has 110 valence electrons. The van der Waals surface area contributed by atoms with Crippen LogP contribution in [0.4, 0.5) is 5.69 Å². The van der Waals surface area contributed by atoms with E-state index in [2.05, 4.69) is 10.6 Å². The maximum absolute atomic E-state index is 12.3. The number of carbonyl (C=O) groups is 1. The Labute approximate surface area is 119 Å². The highest BCUT2D eigenvalue weighted by molar-refractivity contribution is 7.91. The fraction of sp³-hybridized carbons (Fsp3) is 0.500. The fourth-order valence-corrected chi connectivity index (χ4v) is 3.81. The van der Waals surface area contributed by atoms with Gasteiger partial charge in [-0.3, -0.25) is 4.79 Å². The standard InChI is InChI=1S/C14H20N2O3S/c1-2-15-13-6-4-3-5-12(13)14(17)16-11-7-9-20(18,19)10-8-11/h3-6,11,15H,2,7-10H2,1H3,(H,16,17). The van der Waals surface area contributed by atoms with Crippen molar-refractivity contribution in [1.29, 1.82) is 0 Å². The molecular weight excluding hydrogens is 276 g/mol.